The number of hydrogen-bond acceptors (Lipinski definition) is 3. The molecule has 0 saturated carbocycles. The Balaban J connectivity index is 1.71. The van der Waals surface area contributed by atoms with Crippen molar-refractivity contribution in [3.8, 4) is 5.75 Å². The van der Waals surface area contributed by atoms with Gasteiger partial charge in [-0.2, -0.15) is 0 Å². The third-order valence-corrected chi connectivity index (χ3v) is 4.04. The Morgan fingerprint density at radius 3 is 2.68 bits per heavy atom. The van der Waals surface area contributed by atoms with E-state index in [1.54, 1.807) is 36.3 Å². The summed E-state index contributed by atoms with van der Waals surface area (Å²) in [4.78, 5) is 25.7. The van der Waals surface area contributed by atoms with Gasteiger partial charge in [0.15, 0.2) is 0 Å². The average molecular weight is 336 g/mol. The Hall–Kier alpha value is -3.08. The van der Waals surface area contributed by atoms with Gasteiger partial charge in [0.1, 0.15) is 5.75 Å². The van der Waals surface area contributed by atoms with Crippen LogP contribution in [0.15, 0.2) is 54.6 Å². The number of rotatable bonds is 5. The monoisotopic (exact) mass is 336 g/mol. The number of ether oxygens (including phenoxy) is 1. The largest absolute Gasteiger partial charge is 0.494 e. The summed E-state index contributed by atoms with van der Waals surface area (Å²) in [6.07, 6.45) is 4.65. The number of carbonyl (C=O) groups is 2. The van der Waals surface area contributed by atoms with Crippen molar-refractivity contribution in [1.29, 1.82) is 0 Å². The molecule has 1 heterocycles. The summed E-state index contributed by atoms with van der Waals surface area (Å²) in [7, 11) is 1.56. The molecule has 128 valence electrons. The van der Waals surface area contributed by atoms with E-state index in [-0.39, 0.29) is 11.8 Å². The molecule has 5 nitrogen and oxygen atoms in total. The first-order valence-corrected chi connectivity index (χ1v) is 8.20. The molecule has 1 N–H and O–H groups in total. The van der Waals surface area contributed by atoms with Crippen LogP contribution in [0.3, 0.4) is 0 Å². The summed E-state index contributed by atoms with van der Waals surface area (Å²) >= 11 is 0. The molecule has 0 unspecified atom stereocenters. The van der Waals surface area contributed by atoms with Crippen LogP contribution in [-0.4, -0.2) is 25.5 Å². The van der Waals surface area contributed by atoms with Gasteiger partial charge in [-0.3, -0.25) is 9.59 Å². The molecule has 5 heteroatoms. The summed E-state index contributed by atoms with van der Waals surface area (Å²) in [5, 5.41) is 2.81. The minimum absolute atomic E-state index is 0.0980. The lowest BCUT2D eigenvalue weighted by Gasteiger charge is -2.19. The van der Waals surface area contributed by atoms with Gasteiger partial charge >= 0.3 is 0 Å². The average Bonchev–Trinajstić information content (AvgIpc) is 3.06. The van der Waals surface area contributed by atoms with E-state index >= 15 is 0 Å². The lowest BCUT2D eigenvalue weighted by Crippen LogP contribution is -2.24. The van der Waals surface area contributed by atoms with Gasteiger partial charge in [-0.25, -0.2) is 0 Å². The van der Waals surface area contributed by atoms with Crippen molar-refractivity contribution in [2.24, 2.45) is 0 Å². The van der Waals surface area contributed by atoms with Crippen molar-refractivity contribution in [2.75, 3.05) is 23.9 Å². The quantitative estimate of drug-likeness (QED) is 0.851. The second-order valence-electron chi connectivity index (χ2n) is 5.77. The number of anilines is 2. The Labute approximate surface area is 146 Å². The van der Waals surface area contributed by atoms with Crippen molar-refractivity contribution in [3.05, 3.63) is 60.2 Å². The molecule has 2 aromatic rings. The van der Waals surface area contributed by atoms with Gasteiger partial charge < -0.3 is 15.0 Å². The van der Waals surface area contributed by atoms with E-state index in [9.17, 15) is 9.59 Å². The van der Waals surface area contributed by atoms with Crippen molar-refractivity contribution < 1.29 is 14.3 Å². The third-order valence-electron chi connectivity index (χ3n) is 4.04. The fourth-order valence-corrected chi connectivity index (χ4v) is 2.80. The van der Waals surface area contributed by atoms with E-state index in [4.69, 9.17) is 4.74 Å². The highest BCUT2D eigenvalue weighted by atomic mass is 16.5. The van der Waals surface area contributed by atoms with Gasteiger partial charge in [-0.05, 0) is 30.2 Å². The van der Waals surface area contributed by atoms with Crippen LogP contribution in [0.4, 0.5) is 11.4 Å². The fourth-order valence-electron chi connectivity index (χ4n) is 2.80. The Morgan fingerprint density at radius 1 is 1.20 bits per heavy atom. The second kappa shape index (κ2) is 7.66. The molecule has 25 heavy (non-hydrogen) atoms. The molecule has 0 spiro atoms. The highest BCUT2D eigenvalue weighted by Crippen LogP contribution is 2.33. The standard InChI is InChI=1S/C20H20N2O3/c1-25-18-14-16(10-11-17(18)22-13-5-8-20(22)24)21-19(23)12-9-15-6-3-2-4-7-15/h2-4,6-7,9-12,14H,5,8,13H2,1H3,(H,21,23)/b12-9+. The van der Waals surface area contributed by atoms with Crippen molar-refractivity contribution in [3.63, 3.8) is 0 Å². The van der Waals surface area contributed by atoms with Crippen LogP contribution in [0.1, 0.15) is 18.4 Å². The molecule has 0 radical (unpaired) electrons. The zero-order chi connectivity index (χ0) is 17.6. The number of benzene rings is 2. The molecular weight excluding hydrogens is 316 g/mol. The smallest absolute Gasteiger partial charge is 0.248 e. The normalized spacial score (nSPS) is 14.1. The first-order chi connectivity index (χ1) is 12.2. The maximum Gasteiger partial charge on any atom is 0.248 e. The highest BCUT2D eigenvalue weighted by Gasteiger charge is 2.24. The Bertz CT molecular complexity index is 800. The Kier molecular flexibility index (Phi) is 5.14. The van der Waals surface area contributed by atoms with Crippen LogP contribution < -0.4 is 15.0 Å². The van der Waals surface area contributed by atoms with Gasteiger partial charge in [0.2, 0.25) is 11.8 Å². The van der Waals surface area contributed by atoms with E-state index in [1.807, 2.05) is 30.3 Å². The molecule has 0 atom stereocenters. The molecule has 2 amide bonds. The summed E-state index contributed by atoms with van der Waals surface area (Å²) in [5.41, 5.74) is 2.32. The zero-order valence-corrected chi connectivity index (χ0v) is 14.1. The van der Waals surface area contributed by atoms with E-state index in [0.29, 0.717) is 24.4 Å². The Morgan fingerprint density at radius 2 is 2.00 bits per heavy atom. The molecule has 1 fully saturated rings. The van der Waals surface area contributed by atoms with Crippen LogP contribution >= 0.6 is 0 Å². The van der Waals surface area contributed by atoms with Crippen molar-refractivity contribution >= 4 is 29.3 Å². The van der Waals surface area contributed by atoms with Crippen LogP contribution in [0, 0.1) is 0 Å². The van der Waals surface area contributed by atoms with Gasteiger partial charge in [0, 0.05) is 30.8 Å². The summed E-state index contributed by atoms with van der Waals surface area (Å²) in [5.74, 6) is 0.442. The topological polar surface area (TPSA) is 58.6 Å². The first-order valence-electron chi connectivity index (χ1n) is 8.20. The number of hydrogen-bond donors (Lipinski definition) is 1. The van der Waals surface area contributed by atoms with Gasteiger partial charge in [0.05, 0.1) is 12.8 Å². The molecule has 3 rings (SSSR count). The maximum atomic E-state index is 12.1. The number of nitrogens with zero attached hydrogens (tertiary/aromatic N) is 1. The lowest BCUT2D eigenvalue weighted by atomic mass is 10.2. The number of carbonyl (C=O) groups excluding carboxylic acids is 2. The molecule has 0 aliphatic carbocycles. The first kappa shape index (κ1) is 16.8. The van der Waals surface area contributed by atoms with E-state index in [2.05, 4.69) is 5.32 Å². The SMILES string of the molecule is COc1cc(NC(=O)/C=C/c2ccccc2)ccc1N1CCCC1=O. The maximum absolute atomic E-state index is 12.1. The van der Waals surface area contributed by atoms with Gasteiger partial charge in [-0.15, -0.1) is 0 Å². The summed E-state index contributed by atoms with van der Waals surface area (Å²) < 4.78 is 5.39. The second-order valence-corrected chi connectivity index (χ2v) is 5.77. The minimum atomic E-state index is -0.226. The third kappa shape index (κ3) is 4.07. The fraction of sp³-hybridized carbons (Fsp3) is 0.200. The van der Waals surface area contributed by atoms with Crippen LogP contribution in [0.25, 0.3) is 6.08 Å². The minimum Gasteiger partial charge on any atom is -0.494 e. The number of methoxy groups -OCH3 is 1. The van der Waals surface area contributed by atoms with Crippen LogP contribution in [0.2, 0.25) is 0 Å². The molecular formula is C20H20N2O3. The van der Waals surface area contributed by atoms with Crippen molar-refractivity contribution in [1.82, 2.24) is 0 Å². The van der Waals surface area contributed by atoms with E-state index in [1.165, 1.54) is 6.08 Å². The molecule has 1 aliphatic heterocycles. The molecule has 1 saturated heterocycles. The van der Waals surface area contributed by atoms with Crippen LogP contribution in [-0.2, 0) is 9.59 Å². The lowest BCUT2D eigenvalue weighted by molar-refractivity contribution is -0.117. The molecule has 0 bridgehead atoms. The molecule has 0 aromatic heterocycles. The van der Waals surface area contributed by atoms with E-state index < -0.39 is 0 Å². The van der Waals surface area contributed by atoms with E-state index in [0.717, 1.165) is 17.7 Å². The van der Waals surface area contributed by atoms with Gasteiger partial charge in [0.25, 0.3) is 0 Å². The number of amides is 2. The van der Waals surface area contributed by atoms with Crippen molar-refractivity contribution in [2.45, 2.75) is 12.8 Å². The molecule has 2 aromatic carbocycles. The van der Waals surface area contributed by atoms with Gasteiger partial charge in [-0.1, -0.05) is 30.3 Å². The summed E-state index contributed by atoms with van der Waals surface area (Å²) in [6, 6.07) is 14.9. The predicted molar refractivity (Wildman–Crippen MR) is 98.7 cm³/mol. The summed E-state index contributed by atoms with van der Waals surface area (Å²) in [6.45, 7) is 0.695. The van der Waals surface area contributed by atoms with Crippen LogP contribution in [0.5, 0.6) is 5.75 Å². The highest BCUT2D eigenvalue weighted by molar-refractivity contribution is 6.02. The number of nitrogens with one attached hydrogen (secondary N) is 1. The molecule has 1 aliphatic rings. The predicted octanol–water partition coefficient (Wildman–Crippen LogP) is 3.47. The zero-order valence-electron chi connectivity index (χ0n) is 14.1.